The van der Waals surface area contributed by atoms with Gasteiger partial charge in [-0.1, -0.05) is 54.6 Å². The molecule has 6 rings (SSSR count). The maximum atomic E-state index is 12.9. The molecule has 0 saturated carbocycles. The molecule has 0 unspecified atom stereocenters. The van der Waals surface area contributed by atoms with Crippen molar-refractivity contribution in [3.05, 3.63) is 120 Å². The number of likely N-dealkylation sites (tertiary alicyclic amines) is 1. The SMILES string of the molecule is COC[C@@H]1CCCN1C[C@@H]1C[C@H](c2ccc(CO)cc2)O[C@H](c2cccc(NC(=O)Nc3ccc(Oc4ccccc4)cc3)c2)O1. The fourth-order valence-corrected chi connectivity index (χ4v) is 6.10. The van der Waals surface area contributed by atoms with Gasteiger partial charge in [0, 0.05) is 43.1 Å². The molecule has 3 N–H and O–H groups in total. The predicted molar refractivity (Wildman–Crippen MR) is 177 cm³/mol. The number of amides is 2. The zero-order valence-electron chi connectivity index (χ0n) is 26.0. The Kier molecular flexibility index (Phi) is 10.6. The van der Waals surface area contributed by atoms with Crippen LogP contribution in [0.25, 0.3) is 0 Å². The summed E-state index contributed by atoms with van der Waals surface area (Å²) in [6.45, 7) is 2.51. The van der Waals surface area contributed by atoms with Crippen LogP contribution >= 0.6 is 0 Å². The summed E-state index contributed by atoms with van der Waals surface area (Å²) in [7, 11) is 1.75. The Balaban J connectivity index is 1.12. The van der Waals surface area contributed by atoms with E-state index in [1.54, 1.807) is 19.2 Å². The van der Waals surface area contributed by atoms with Crippen molar-refractivity contribution >= 4 is 17.4 Å². The van der Waals surface area contributed by atoms with Gasteiger partial charge in [0.25, 0.3) is 0 Å². The van der Waals surface area contributed by atoms with E-state index in [2.05, 4.69) is 15.5 Å². The monoisotopic (exact) mass is 623 g/mol. The third-order valence-electron chi connectivity index (χ3n) is 8.42. The average molecular weight is 624 g/mol. The van der Waals surface area contributed by atoms with E-state index < -0.39 is 6.29 Å². The first-order chi connectivity index (χ1) is 22.6. The second-order valence-electron chi connectivity index (χ2n) is 11.7. The number of benzene rings is 4. The van der Waals surface area contributed by atoms with E-state index in [1.807, 2.05) is 91.0 Å². The summed E-state index contributed by atoms with van der Waals surface area (Å²) >= 11 is 0. The summed E-state index contributed by atoms with van der Waals surface area (Å²) in [5.41, 5.74) is 3.98. The van der Waals surface area contributed by atoms with Gasteiger partial charge < -0.3 is 34.7 Å². The zero-order chi connectivity index (χ0) is 31.7. The number of carbonyl (C=O) groups is 1. The lowest BCUT2D eigenvalue weighted by Gasteiger charge is -2.39. The Bertz CT molecular complexity index is 1550. The topological polar surface area (TPSA) is 102 Å². The number of hydrogen-bond acceptors (Lipinski definition) is 7. The van der Waals surface area contributed by atoms with Gasteiger partial charge in [0.1, 0.15) is 11.5 Å². The molecule has 2 aliphatic heterocycles. The highest BCUT2D eigenvalue weighted by atomic mass is 16.7. The molecule has 240 valence electrons. The van der Waals surface area contributed by atoms with Gasteiger partial charge in [-0.05, 0) is 79.0 Å². The van der Waals surface area contributed by atoms with Crippen molar-refractivity contribution in [3.8, 4) is 11.5 Å². The van der Waals surface area contributed by atoms with E-state index in [-0.39, 0.29) is 24.8 Å². The number of urea groups is 1. The van der Waals surface area contributed by atoms with Crippen LogP contribution in [0.1, 0.15) is 48.3 Å². The molecule has 46 heavy (non-hydrogen) atoms. The minimum Gasteiger partial charge on any atom is -0.457 e. The molecular formula is C37H41N3O6. The van der Waals surface area contributed by atoms with Crippen LogP contribution in [-0.2, 0) is 20.8 Å². The summed E-state index contributed by atoms with van der Waals surface area (Å²) in [6.07, 6.45) is 2.11. The quantitative estimate of drug-likeness (QED) is 0.162. The fraction of sp³-hybridized carbons (Fsp3) is 0.324. The number of nitrogens with zero attached hydrogens (tertiary/aromatic N) is 1. The van der Waals surface area contributed by atoms with Gasteiger partial charge in [0.2, 0.25) is 0 Å². The first-order valence-electron chi connectivity index (χ1n) is 15.8. The van der Waals surface area contributed by atoms with E-state index in [4.69, 9.17) is 18.9 Å². The van der Waals surface area contributed by atoms with Gasteiger partial charge in [0.05, 0.1) is 25.4 Å². The number of carbonyl (C=O) groups excluding carboxylic acids is 1. The van der Waals surface area contributed by atoms with Crippen LogP contribution < -0.4 is 15.4 Å². The Morgan fingerprint density at radius 2 is 1.63 bits per heavy atom. The number of aliphatic hydroxyl groups excluding tert-OH is 1. The van der Waals surface area contributed by atoms with Crippen molar-refractivity contribution in [3.63, 3.8) is 0 Å². The van der Waals surface area contributed by atoms with Crippen LogP contribution in [0.3, 0.4) is 0 Å². The summed E-state index contributed by atoms with van der Waals surface area (Å²) in [4.78, 5) is 15.4. The van der Waals surface area contributed by atoms with Crippen LogP contribution in [0.4, 0.5) is 16.2 Å². The number of anilines is 2. The minimum atomic E-state index is -0.619. The molecule has 2 saturated heterocycles. The van der Waals surface area contributed by atoms with Crippen LogP contribution in [0.2, 0.25) is 0 Å². The maximum absolute atomic E-state index is 12.9. The van der Waals surface area contributed by atoms with Crippen LogP contribution in [0.15, 0.2) is 103 Å². The summed E-state index contributed by atoms with van der Waals surface area (Å²) < 4.78 is 24.4. The largest absolute Gasteiger partial charge is 0.457 e. The molecule has 2 heterocycles. The Morgan fingerprint density at radius 3 is 2.39 bits per heavy atom. The molecule has 9 nitrogen and oxygen atoms in total. The molecule has 4 aromatic carbocycles. The van der Waals surface area contributed by atoms with E-state index >= 15 is 0 Å². The van der Waals surface area contributed by atoms with Gasteiger partial charge in [-0.15, -0.1) is 0 Å². The normalized spacial score (nSPS) is 21.5. The lowest BCUT2D eigenvalue weighted by Crippen LogP contribution is -2.42. The Morgan fingerprint density at radius 1 is 0.870 bits per heavy atom. The number of methoxy groups -OCH3 is 1. The molecule has 2 fully saturated rings. The highest BCUT2D eigenvalue weighted by Crippen LogP contribution is 2.39. The van der Waals surface area contributed by atoms with Gasteiger partial charge in [-0.2, -0.15) is 0 Å². The lowest BCUT2D eigenvalue weighted by molar-refractivity contribution is -0.253. The summed E-state index contributed by atoms with van der Waals surface area (Å²) in [5, 5.41) is 15.3. The molecule has 0 aromatic heterocycles. The third kappa shape index (κ3) is 8.31. The van der Waals surface area contributed by atoms with Gasteiger partial charge in [-0.25, -0.2) is 4.79 Å². The van der Waals surface area contributed by atoms with Gasteiger partial charge >= 0.3 is 6.03 Å². The molecule has 0 radical (unpaired) electrons. The van der Waals surface area contributed by atoms with Gasteiger partial charge in [-0.3, -0.25) is 4.90 Å². The van der Waals surface area contributed by atoms with E-state index in [9.17, 15) is 9.90 Å². The van der Waals surface area contributed by atoms with Crippen molar-refractivity contribution in [1.29, 1.82) is 0 Å². The smallest absolute Gasteiger partial charge is 0.323 e. The minimum absolute atomic E-state index is 0.00261. The third-order valence-corrected chi connectivity index (χ3v) is 8.42. The molecule has 4 atom stereocenters. The summed E-state index contributed by atoms with van der Waals surface area (Å²) in [6, 6.07) is 32.2. The molecule has 0 bridgehead atoms. The summed E-state index contributed by atoms with van der Waals surface area (Å²) in [5.74, 6) is 1.42. The molecule has 0 aliphatic carbocycles. The second-order valence-corrected chi connectivity index (χ2v) is 11.7. The molecule has 0 spiro atoms. The van der Waals surface area contributed by atoms with Crippen molar-refractivity contribution < 1.29 is 28.8 Å². The number of aliphatic hydroxyl groups is 1. The highest BCUT2D eigenvalue weighted by Gasteiger charge is 2.35. The van der Waals surface area contributed by atoms with Gasteiger partial charge in [0.15, 0.2) is 6.29 Å². The van der Waals surface area contributed by atoms with Crippen LogP contribution in [0, 0.1) is 0 Å². The van der Waals surface area contributed by atoms with Crippen molar-refractivity contribution in [2.45, 2.75) is 50.4 Å². The standard InChI is InChI=1S/C37H41N3O6/c1-43-25-31-9-6-20-40(31)23-34-22-35(27-14-12-26(24-41)13-15-27)46-36(45-34)28-7-5-8-30(21-28)39-37(42)38-29-16-18-33(19-17-29)44-32-10-3-2-4-11-32/h2-5,7-8,10-19,21,31,34-36,41H,6,9,20,22-25H2,1H3,(H2,38,39,42)/t31-,34-,35+,36+/m0/s1. The number of rotatable bonds is 11. The van der Waals surface area contributed by atoms with Crippen LogP contribution in [-0.4, -0.2) is 55.0 Å². The molecule has 2 aliphatic rings. The number of hydrogen-bond donors (Lipinski definition) is 3. The first-order valence-corrected chi connectivity index (χ1v) is 15.8. The number of para-hydroxylation sites is 1. The Hall–Kier alpha value is -4.25. The first kappa shape index (κ1) is 31.7. The highest BCUT2D eigenvalue weighted by molar-refractivity contribution is 5.99. The lowest BCUT2D eigenvalue weighted by atomic mass is 9.99. The van der Waals surface area contributed by atoms with E-state index in [1.165, 1.54) is 0 Å². The van der Waals surface area contributed by atoms with Crippen molar-refractivity contribution in [1.82, 2.24) is 4.90 Å². The molecule has 4 aromatic rings. The average Bonchev–Trinajstić information content (AvgIpc) is 3.52. The van der Waals surface area contributed by atoms with Crippen molar-refractivity contribution in [2.24, 2.45) is 0 Å². The second kappa shape index (κ2) is 15.4. The number of ether oxygens (including phenoxy) is 4. The van der Waals surface area contributed by atoms with E-state index in [0.717, 1.165) is 48.4 Å². The Labute approximate surface area is 270 Å². The maximum Gasteiger partial charge on any atom is 0.323 e. The zero-order valence-corrected chi connectivity index (χ0v) is 26.0. The molecule has 2 amide bonds. The number of nitrogens with one attached hydrogen (secondary N) is 2. The predicted octanol–water partition coefficient (Wildman–Crippen LogP) is 7.27. The fourth-order valence-electron chi connectivity index (χ4n) is 6.10. The molecular weight excluding hydrogens is 582 g/mol. The van der Waals surface area contributed by atoms with Crippen LogP contribution in [0.5, 0.6) is 11.5 Å². The van der Waals surface area contributed by atoms with E-state index in [0.29, 0.717) is 36.2 Å². The van der Waals surface area contributed by atoms with Crippen molar-refractivity contribution in [2.75, 3.05) is 37.4 Å². The molecule has 9 heteroatoms.